The summed E-state index contributed by atoms with van der Waals surface area (Å²) in [6, 6.07) is 5.66. The van der Waals surface area contributed by atoms with Crippen LogP contribution in [0.2, 0.25) is 30.7 Å². The fraction of sp³-hybridized carbons (Fsp3) is 0.320. The molecule has 3 heterocycles. The molecule has 0 atom stereocenters. The SMILES string of the molecule is COc1ncc(Cl)cc1S(=O)(=O)Nc1ccc(F)c(COc2cnc3c(cnn3COCC[Si](C)(C)C)c2)c1F. The van der Waals surface area contributed by atoms with Crippen LogP contribution < -0.4 is 14.2 Å². The second kappa shape index (κ2) is 12.0. The molecular weight excluding hydrogens is 584 g/mol. The number of fused-ring (bicyclic) bond motifs is 1. The topological polar surface area (TPSA) is 117 Å². The molecule has 0 radical (unpaired) electrons. The predicted molar refractivity (Wildman–Crippen MR) is 149 cm³/mol. The lowest BCUT2D eigenvalue weighted by Gasteiger charge is -2.15. The van der Waals surface area contributed by atoms with Crippen LogP contribution in [0.15, 0.2) is 47.8 Å². The van der Waals surface area contributed by atoms with Gasteiger partial charge in [-0.1, -0.05) is 31.2 Å². The maximum absolute atomic E-state index is 15.3. The maximum atomic E-state index is 15.3. The molecule has 0 bridgehead atoms. The van der Waals surface area contributed by atoms with Crippen LogP contribution in [-0.4, -0.2) is 50.0 Å². The number of ether oxygens (including phenoxy) is 3. The Bertz CT molecular complexity index is 1630. The number of nitrogens with one attached hydrogen (secondary N) is 1. The summed E-state index contributed by atoms with van der Waals surface area (Å²) >= 11 is 5.87. The molecule has 15 heteroatoms. The number of rotatable bonds is 12. The van der Waals surface area contributed by atoms with Gasteiger partial charge in [0.2, 0.25) is 5.88 Å². The van der Waals surface area contributed by atoms with E-state index in [1.165, 1.54) is 19.5 Å². The van der Waals surface area contributed by atoms with E-state index in [1.807, 2.05) is 0 Å². The number of benzene rings is 1. The van der Waals surface area contributed by atoms with Gasteiger partial charge in [-0.3, -0.25) is 4.72 Å². The Labute approximate surface area is 236 Å². The molecule has 0 unspecified atom stereocenters. The second-order valence-electron chi connectivity index (χ2n) is 10.0. The zero-order valence-electron chi connectivity index (χ0n) is 22.2. The van der Waals surface area contributed by atoms with E-state index in [0.29, 0.717) is 17.6 Å². The van der Waals surface area contributed by atoms with Gasteiger partial charge >= 0.3 is 0 Å². The van der Waals surface area contributed by atoms with Crippen molar-refractivity contribution in [1.29, 1.82) is 0 Å². The van der Waals surface area contributed by atoms with E-state index in [0.717, 1.165) is 24.2 Å². The molecule has 0 aliphatic rings. The first kappa shape index (κ1) is 29.6. The summed E-state index contributed by atoms with van der Waals surface area (Å²) in [5.74, 6) is -2.06. The minimum Gasteiger partial charge on any atom is -0.487 e. The highest BCUT2D eigenvalue weighted by molar-refractivity contribution is 7.92. The Balaban J connectivity index is 1.47. The van der Waals surface area contributed by atoms with Crippen LogP contribution in [0.5, 0.6) is 11.6 Å². The molecule has 0 aliphatic heterocycles. The van der Waals surface area contributed by atoms with Crippen molar-refractivity contribution in [2.24, 2.45) is 0 Å². The van der Waals surface area contributed by atoms with Gasteiger partial charge in [-0.2, -0.15) is 5.10 Å². The summed E-state index contributed by atoms with van der Waals surface area (Å²) in [5, 5.41) is 4.96. The Morgan fingerprint density at radius 2 is 1.88 bits per heavy atom. The van der Waals surface area contributed by atoms with Crippen molar-refractivity contribution >= 4 is 46.4 Å². The number of sulfonamides is 1. The van der Waals surface area contributed by atoms with Gasteiger partial charge in [0.15, 0.2) is 16.4 Å². The van der Waals surface area contributed by atoms with E-state index < -0.39 is 52.5 Å². The number of anilines is 1. The third kappa shape index (κ3) is 7.05. The molecular formula is C25H28ClF2N5O5SSi. The Morgan fingerprint density at radius 1 is 1.10 bits per heavy atom. The minimum absolute atomic E-state index is 0.0283. The number of aromatic nitrogens is 4. The zero-order valence-corrected chi connectivity index (χ0v) is 24.8. The Kier molecular flexibility index (Phi) is 8.92. The molecule has 0 spiro atoms. The van der Waals surface area contributed by atoms with Crippen LogP contribution in [0.3, 0.4) is 0 Å². The highest BCUT2D eigenvalue weighted by Crippen LogP contribution is 2.29. The Hall–Kier alpha value is -3.33. The fourth-order valence-electron chi connectivity index (χ4n) is 3.57. The van der Waals surface area contributed by atoms with E-state index in [2.05, 4.69) is 39.4 Å². The van der Waals surface area contributed by atoms with E-state index in [1.54, 1.807) is 16.9 Å². The molecule has 4 rings (SSSR count). The number of methoxy groups -OCH3 is 1. The van der Waals surface area contributed by atoms with Gasteiger partial charge in [-0.15, -0.1) is 0 Å². The van der Waals surface area contributed by atoms with Gasteiger partial charge in [0.1, 0.15) is 24.9 Å². The highest BCUT2D eigenvalue weighted by Gasteiger charge is 2.25. The third-order valence-corrected chi connectivity index (χ3v) is 9.01. The second-order valence-corrected chi connectivity index (χ2v) is 17.7. The first-order valence-corrected chi connectivity index (χ1v) is 17.7. The van der Waals surface area contributed by atoms with E-state index >= 15 is 4.39 Å². The number of hydrogen-bond acceptors (Lipinski definition) is 8. The lowest BCUT2D eigenvalue weighted by atomic mass is 10.2. The normalized spacial score (nSPS) is 12.1. The average molecular weight is 612 g/mol. The molecule has 3 aromatic heterocycles. The summed E-state index contributed by atoms with van der Waals surface area (Å²) in [7, 11) is -4.37. The molecule has 4 aromatic rings. The molecule has 1 N–H and O–H groups in total. The monoisotopic (exact) mass is 611 g/mol. The molecule has 0 saturated carbocycles. The summed E-state index contributed by atoms with van der Waals surface area (Å²) in [6.45, 7) is 7.16. The molecule has 10 nitrogen and oxygen atoms in total. The van der Waals surface area contributed by atoms with Gasteiger partial charge in [0.05, 0.1) is 35.8 Å². The van der Waals surface area contributed by atoms with E-state index in [-0.39, 0.29) is 23.4 Å². The molecule has 40 heavy (non-hydrogen) atoms. The lowest BCUT2D eigenvalue weighted by molar-refractivity contribution is 0.0813. The van der Waals surface area contributed by atoms with Crippen molar-refractivity contribution < 1.29 is 31.4 Å². The van der Waals surface area contributed by atoms with Crippen LogP contribution in [0.1, 0.15) is 5.56 Å². The Morgan fingerprint density at radius 3 is 2.60 bits per heavy atom. The van der Waals surface area contributed by atoms with Crippen LogP contribution in [0.25, 0.3) is 11.0 Å². The minimum atomic E-state index is -4.39. The zero-order chi connectivity index (χ0) is 29.1. The largest absolute Gasteiger partial charge is 0.487 e. The number of hydrogen-bond donors (Lipinski definition) is 1. The van der Waals surface area contributed by atoms with Crippen molar-refractivity contribution in [3.8, 4) is 11.6 Å². The molecule has 1 aromatic carbocycles. The third-order valence-electron chi connectivity index (χ3n) is 5.74. The molecule has 0 aliphatic carbocycles. The van der Waals surface area contributed by atoms with Gasteiger partial charge in [0.25, 0.3) is 10.0 Å². The van der Waals surface area contributed by atoms with Crippen molar-refractivity contribution in [1.82, 2.24) is 19.7 Å². The van der Waals surface area contributed by atoms with Gasteiger partial charge in [-0.25, -0.2) is 31.8 Å². The van der Waals surface area contributed by atoms with Gasteiger partial charge in [0, 0.05) is 26.3 Å². The van der Waals surface area contributed by atoms with Crippen LogP contribution in [0, 0.1) is 11.6 Å². The fourth-order valence-corrected chi connectivity index (χ4v) is 5.76. The van der Waals surface area contributed by atoms with Crippen molar-refractivity contribution in [2.75, 3.05) is 18.4 Å². The first-order valence-electron chi connectivity index (χ1n) is 12.1. The van der Waals surface area contributed by atoms with E-state index in [4.69, 9.17) is 25.8 Å². The highest BCUT2D eigenvalue weighted by atomic mass is 35.5. The standard InChI is InChI=1S/C25H28ClF2N5O5SSi/c1-36-25-22(10-17(26)12-30-25)39(34,35)32-21-6-5-20(27)19(23(21)28)14-38-18-9-16-11-31-33(24(16)29-13-18)15-37-7-8-40(2,3)4/h5-6,9-13,32H,7-8,14-15H2,1-4H3. The molecule has 214 valence electrons. The predicted octanol–water partition coefficient (Wildman–Crippen LogP) is 5.46. The lowest BCUT2D eigenvalue weighted by Crippen LogP contribution is -2.22. The first-order chi connectivity index (χ1) is 18.9. The van der Waals surface area contributed by atoms with Crippen molar-refractivity contribution in [3.05, 3.63) is 65.1 Å². The number of nitrogens with zero attached hydrogens (tertiary/aromatic N) is 4. The molecule has 0 saturated heterocycles. The number of halogens is 3. The van der Waals surface area contributed by atoms with Crippen LogP contribution >= 0.6 is 11.6 Å². The number of pyridine rings is 2. The van der Waals surface area contributed by atoms with Gasteiger partial charge in [-0.05, 0) is 30.3 Å². The summed E-state index contributed by atoms with van der Waals surface area (Å²) in [6.07, 6.45) is 4.20. The summed E-state index contributed by atoms with van der Waals surface area (Å²) in [5.41, 5.74) is -0.408. The van der Waals surface area contributed by atoms with Crippen LogP contribution in [-0.2, 0) is 28.1 Å². The van der Waals surface area contributed by atoms with Crippen molar-refractivity contribution in [3.63, 3.8) is 0 Å². The van der Waals surface area contributed by atoms with Crippen LogP contribution in [0.4, 0.5) is 14.5 Å². The maximum Gasteiger partial charge on any atom is 0.267 e. The van der Waals surface area contributed by atoms with E-state index in [9.17, 15) is 12.8 Å². The average Bonchev–Trinajstić information content (AvgIpc) is 3.30. The summed E-state index contributed by atoms with van der Waals surface area (Å²) in [4.78, 5) is 7.74. The smallest absolute Gasteiger partial charge is 0.267 e. The van der Waals surface area contributed by atoms with Crippen molar-refractivity contribution in [2.45, 2.75) is 43.9 Å². The quantitative estimate of drug-likeness (QED) is 0.166. The molecule has 0 amide bonds. The summed E-state index contributed by atoms with van der Waals surface area (Å²) < 4.78 is 75.6. The van der Waals surface area contributed by atoms with Gasteiger partial charge < -0.3 is 14.2 Å². The molecule has 0 fully saturated rings.